The predicted octanol–water partition coefficient (Wildman–Crippen LogP) is 4.82. The number of hydrogen-bond acceptors (Lipinski definition) is 3. The van der Waals surface area contributed by atoms with E-state index in [9.17, 15) is 4.39 Å². The third kappa shape index (κ3) is 5.64. The summed E-state index contributed by atoms with van der Waals surface area (Å²) in [6.45, 7) is 6.09. The number of aryl methyl sites for hydroxylation is 2. The minimum atomic E-state index is -0.0926. The van der Waals surface area contributed by atoms with Gasteiger partial charge < -0.3 is 0 Å². The van der Waals surface area contributed by atoms with Crippen LogP contribution in [0.3, 0.4) is 0 Å². The van der Waals surface area contributed by atoms with Crippen molar-refractivity contribution < 1.29 is 4.39 Å². The van der Waals surface area contributed by atoms with Gasteiger partial charge in [0.25, 0.3) is 0 Å². The summed E-state index contributed by atoms with van der Waals surface area (Å²) in [5.41, 5.74) is 4.51. The summed E-state index contributed by atoms with van der Waals surface area (Å²) in [5, 5.41) is 4.51. The average molecular weight is 435 g/mol. The van der Waals surface area contributed by atoms with E-state index >= 15 is 0 Å². The van der Waals surface area contributed by atoms with Crippen LogP contribution in [0.5, 0.6) is 0 Å². The lowest BCUT2D eigenvalue weighted by Crippen LogP contribution is -2.45. The molecule has 1 aliphatic rings. The molecule has 170 valence electrons. The first-order chi connectivity index (χ1) is 15.5. The van der Waals surface area contributed by atoms with Crippen molar-refractivity contribution in [1.82, 2.24) is 19.6 Å². The van der Waals surface area contributed by atoms with Crippen LogP contribution in [0, 0.1) is 18.7 Å². The number of benzene rings is 2. The Bertz CT molecular complexity index is 992. The fraction of sp³-hybridized carbons (Fsp3) is 0.444. The van der Waals surface area contributed by atoms with Crippen molar-refractivity contribution in [3.05, 3.63) is 89.0 Å². The molecule has 0 N–H and O–H groups in total. The number of likely N-dealkylation sites (N-methyl/N-ethyl adjacent to an activating group) is 1. The van der Waals surface area contributed by atoms with Crippen molar-refractivity contribution in [2.45, 2.75) is 45.3 Å². The summed E-state index contributed by atoms with van der Waals surface area (Å²) >= 11 is 0. The quantitative estimate of drug-likeness (QED) is 0.508. The second-order valence-electron chi connectivity index (χ2n) is 9.29. The van der Waals surface area contributed by atoms with E-state index in [-0.39, 0.29) is 5.82 Å². The lowest BCUT2D eigenvalue weighted by molar-refractivity contribution is 0.0948. The molecule has 0 spiro atoms. The molecule has 4 nitrogen and oxygen atoms in total. The number of hydrogen-bond donors (Lipinski definition) is 0. The lowest BCUT2D eigenvalue weighted by atomic mass is 9.84. The lowest BCUT2D eigenvalue weighted by Gasteiger charge is -2.40. The van der Waals surface area contributed by atoms with E-state index in [2.05, 4.69) is 65.4 Å². The first-order valence-corrected chi connectivity index (χ1v) is 11.7. The van der Waals surface area contributed by atoms with Crippen LogP contribution in [-0.4, -0.2) is 45.8 Å². The largest absolute Gasteiger partial charge is 0.299 e. The number of rotatable bonds is 8. The summed E-state index contributed by atoms with van der Waals surface area (Å²) < 4.78 is 16.4. The number of aromatic nitrogens is 2. The Morgan fingerprint density at radius 1 is 1.03 bits per heavy atom. The van der Waals surface area contributed by atoms with E-state index in [4.69, 9.17) is 0 Å². The maximum Gasteiger partial charge on any atom is 0.126 e. The van der Waals surface area contributed by atoms with Crippen LogP contribution in [0.4, 0.5) is 4.39 Å². The van der Waals surface area contributed by atoms with Gasteiger partial charge in [-0.1, -0.05) is 48.5 Å². The van der Waals surface area contributed by atoms with Crippen LogP contribution in [0.2, 0.25) is 0 Å². The van der Waals surface area contributed by atoms with E-state index in [1.165, 1.54) is 11.1 Å². The Labute approximate surface area is 191 Å². The number of likely N-dealkylation sites (tertiary alicyclic amines) is 1. The molecule has 0 radical (unpaired) electrons. The molecule has 32 heavy (non-hydrogen) atoms. The van der Waals surface area contributed by atoms with Gasteiger partial charge in [-0.2, -0.15) is 5.10 Å². The molecule has 1 atom stereocenters. The highest BCUT2D eigenvalue weighted by Crippen LogP contribution is 2.29. The second-order valence-corrected chi connectivity index (χ2v) is 9.29. The van der Waals surface area contributed by atoms with Crippen molar-refractivity contribution in [1.29, 1.82) is 0 Å². The number of halogens is 1. The molecule has 1 fully saturated rings. The topological polar surface area (TPSA) is 24.3 Å². The first kappa shape index (κ1) is 22.7. The highest BCUT2D eigenvalue weighted by atomic mass is 19.1. The Morgan fingerprint density at radius 3 is 2.38 bits per heavy atom. The van der Waals surface area contributed by atoms with Crippen molar-refractivity contribution in [2.75, 3.05) is 20.1 Å². The van der Waals surface area contributed by atoms with E-state index < -0.39 is 0 Å². The molecule has 1 saturated heterocycles. The Hall–Kier alpha value is -2.50. The molecule has 5 heteroatoms. The van der Waals surface area contributed by atoms with E-state index in [1.54, 1.807) is 12.1 Å². The van der Waals surface area contributed by atoms with Crippen LogP contribution >= 0.6 is 0 Å². The fourth-order valence-electron chi connectivity index (χ4n) is 5.10. The van der Waals surface area contributed by atoms with Crippen LogP contribution in [-0.2, 0) is 26.6 Å². The molecular weight excluding hydrogens is 399 g/mol. The van der Waals surface area contributed by atoms with Gasteiger partial charge in [0.15, 0.2) is 0 Å². The van der Waals surface area contributed by atoms with Gasteiger partial charge in [0, 0.05) is 37.9 Å². The van der Waals surface area contributed by atoms with Gasteiger partial charge in [-0.05, 0) is 69.4 Å². The summed E-state index contributed by atoms with van der Waals surface area (Å²) in [6.07, 6.45) is 5.13. The molecule has 0 aliphatic carbocycles. The molecule has 1 aromatic heterocycles. The molecular formula is C27H35FN4. The SMILES string of the molecule is Cc1nn(C)cc1CN(C)[C@H](Cc1ccccc1F)C1CCN(Cc2ccccc2)CC1. The van der Waals surface area contributed by atoms with Crippen molar-refractivity contribution in [2.24, 2.45) is 13.0 Å². The van der Waals surface area contributed by atoms with Gasteiger partial charge in [-0.15, -0.1) is 0 Å². The van der Waals surface area contributed by atoms with Gasteiger partial charge in [-0.3, -0.25) is 14.5 Å². The molecule has 0 unspecified atom stereocenters. The van der Waals surface area contributed by atoms with Gasteiger partial charge in [0.05, 0.1) is 5.69 Å². The predicted molar refractivity (Wildman–Crippen MR) is 128 cm³/mol. The number of piperidine rings is 1. The molecule has 2 heterocycles. The zero-order valence-corrected chi connectivity index (χ0v) is 19.5. The maximum absolute atomic E-state index is 14.5. The maximum atomic E-state index is 14.5. The molecule has 2 aromatic carbocycles. The van der Waals surface area contributed by atoms with E-state index in [0.717, 1.165) is 56.7 Å². The molecule has 3 aromatic rings. The smallest absolute Gasteiger partial charge is 0.126 e. The molecule has 0 saturated carbocycles. The molecule has 0 bridgehead atoms. The molecule has 4 rings (SSSR count). The first-order valence-electron chi connectivity index (χ1n) is 11.7. The Kier molecular flexibility index (Phi) is 7.38. The van der Waals surface area contributed by atoms with Crippen LogP contribution in [0.25, 0.3) is 0 Å². The monoisotopic (exact) mass is 434 g/mol. The molecule has 1 aliphatic heterocycles. The van der Waals surface area contributed by atoms with E-state index in [1.807, 2.05) is 23.9 Å². The van der Waals surface area contributed by atoms with Gasteiger partial charge >= 0.3 is 0 Å². The Morgan fingerprint density at radius 2 is 1.72 bits per heavy atom. The summed E-state index contributed by atoms with van der Waals surface area (Å²) in [4.78, 5) is 4.98. The number of nitrogens with zero attached hydrogens (tertiary/aromatic N) is 4. The molecule has 0 amide bonds. The Balaban J connectivity index is 1.46. The van der Waals surface area contributed by atoms with E-state index in [0.29, 0.717) is 12.0 Å². The highest BCUT2D eigenvalue weighted by Gasteiger charge is 2.30. The zero-order valence-electron chi connectivity index (χ0n) is 19.5. The average Bonchev–Trinajstić information content (AvgIpc) is 3.11. The van der Waals surface area contributed by atoms with Crippen LogP contribution in [0.1, 0.15) is 35.2 Å². The second kappa shape index (κ2) is 10.4. The van der Waals surface area contributed by atoms with Gasteiger partial charge in [-0.25, -0.2) is 4.39 Å². The third-order valence-corrected chi connectivity index (χ3v) is 6.91. The van der Waals surface area contributed by atoms with Crippen molar-refractivity contribution >= 4 is 0 Å². The highest BCUT2D eigenvalue weighted by molar-refractivity contribution is 5.20. The third-order valence-electron chi connectivity index (χ3n) is 6.91. The van der Waals surface area contributed by atoms with Gasteiger partial charge in [0.1, 0.15) is 5.82 Å². The van der Waals surface area contributed by atoms with Crippen LogP contribution < -0.4 is 0 Å². The minimum Gasteiger partial charge on any atom is -0.299 e. The normalized spacial score (nSPS) is 16.5. The van der Waals surface area contributed by atoms with Crippen LogP contribution in [0.15, 0.2) is 60.8 Å². The summed E-state index contributed by atoms with van der Waals surface area (Å²) in [6, 6.07) is 18.3. The summed E-state index contributed by atoms with van der Waals surface area (Å²) in [7, 11) is 4.16. The standard InChI is InChI=1S/C27H35FN4/c1-21-25(20-31(3)29-21)19-30(2)27(17-24-11-7-8-12-26(24)28)23-13-15-32(16-14-23)18-22-9-5-4-6-10-22/h4-12,20,23,27H,13-19H2,1-3H3/t27-/m1/s1. The zero-order chi connectivity index (χ0) is 22.5. The van der Waals surface area contributed by atoms with Crippen molar-refractivity contribution in [3.8, 4) is 0 Å². The minimum absolute atomic E-state index is 0.0926. The van der Waals surface area contributed by atoms with Crippen molar-refractivity contribution in [3.63, 3.8) is 0 Å². The fourth-order valence-corrected chi connectivity index (χ4v) is 5.10. The van der Waals surface area contributed by atoms with Gasteiger partial charge in [0.2, 0.25) is 0 Å². The summed E-state index contributed by atoms with van der Waals surface area (Å²) in [5.74, 6) is 0.452.